The summed E-state index contributed by atoms with van der Waals surface area (Å²) in [5.41, 5.74) is 1.37. The van der Waals surface area contributed by atoms with Crippen molar-refractivity contribution in [2.24, 2.45) is 0 Å². The number of carbonyl (C=O) groups excluding carboxylic acids is 1. The van der Waals surface area contributed by atoms with Crippen LogP contribution in [-0.4, -0.2) is 68.9 Å². The number of hydrogen-bond donors (Lipinski definition) is 0. The summed E-state index contributed by atoms with van der Waals surface area (Å²) in [6, 6.07) is 0. The average molecular weight is 294 g/mol. The van der Waals surface area contributed by atoms with Crippen LogP contribution in [-0.2, 0) is 0 Å². The second kappa shape index (κ2) is 5.76. The first-order valence-corrected chi connectivity index (χ1v) is 7.18. The van der Waals surface area contributed by atoms with Crippen LogP contribution in [0.1, 0.15) is 10.4 Å². The van der Waals surface area contributed by atoms with E-state index in [0.717, 1.165) is 38.2 Å². The van der Waals surface area contributed by atoms with Gasteiger partial charge in [0.2, 0.25) is 0 Å². The number of rotatable bonds is 3. The van der Waals surface area contributed by atoms with E-state index in [4.69, 9.17) is 11.6 Å². The number of piperazine rings is 1. The number of alkyl halides is 1. The van der Waals surface area contributed by atoms with Crippen molar-refractivity contribution < 1.29 is 4.79 Å². The third-order valence-corrected chi connectivity index (χ3v) is 3.78. The molecule has 0 bridgehead atoms. The molecule has 1 amide bonds. The highest BCUT2D eigenvalue weighted by atomic mass is 35.5. The summed E-state index contributed by atoms with van der Waals surface area (Å²) in [7, 11) is 0. The van der Waals surface area contributed by atoms with Gasteiger partial charge in [0.05, 0.1) is 23.5 Å². The van der Waals surface area contributed by atoms with E-state index in [1.165, 1.54) is 0 Å². The van der Waals surface area contributed by atoms with Gasteiger partial charge in [0.15, 0.2) is 0 Å². The van der Waals surface area contributed by atoms with Gasteiger partial charge in [-0.05, 0) is 0 Å². The van der Waals surface area contributed by atoms with E-state index in [2.05, 4.69) is 15.0 Å². The average Bonchev–Trinajstić information content (AvgIpc) is 2.92. The van der Waals surface area contributed by atoms with Crippen molar-refractivity contribution in [2.75, 3.05) is 38.6 Å². The molecule has 0 radical (unpaired) electrons. The summed E-state index contributed by atoms with van der Waals surface area (Å²) >= 11 is 5.74. The van der Waals surface area contributed by atoms with E-state index >= 15 is 0 Å². The van der Waals surface area contributed by atoms with Crippen molar-refractivity contribution >= 4 is 23.0 Å². The van der Waals surface area contributed by atoms with Gasteiger partial charge in [-0.15, -0.1) is 11.6 Å². The molecule has 1 aliphatic heterocycles. The first-order valence-electron chi connectivity index (χ1n) is 6.64. The Hall–Kier alpha value is -1.66. The Morgan fingerprint density at radius 3 is 2.80 bits per heavy atom. The van der Waals surface area contributed by atoms with Gasteiger partial charge < -0.3 is 4.90 Å². The minimum Gasteiger partial charge on any atom is -0.336 e. The Bertz CT molecular complexity index is 606. The van der Waals surface area contributed by atoms with Crippen LogP contribution in [0.2, 0.25) is 0 Å². The number of carbonyl (C=O) groups is 1. The fourth-order valence-electron chi connectivity index (χ4n) is 2.46. The van der Waals surface area contributed by atoms with Gasteiger partial charge in [-0.1, -0.05) is 0 Å². The predicted molar refractivity (Wildman–Crippen MR) is 76.1 cm³/mol. The van der Waals surface area contributed by atoms with Gasteiger partial charge >= 0.3 is 0 Å². The lowest BCUT2D eigenvalue weighted by Crippen LogP contribution is -2.49. The highest BCUT2D eigenvalue weighted by molar-refractivity contribution is 6.18. The van der Waals surface area contributed by atoms with Crippen LogP contribution in [0.15, 0.2) is 24.8 Å². The van der Waals surface area contributed by atoms with Gasteiger partial charge in [-0.2, -0.15) is 5.10 Å². The summed E-state index contributed by atoms with van der Waals surface area (Å²) in [5, 5.41) is 4.18. The van der Waals surface area contributed by atoms with Crippen molar-refractivity contribution in [1.82, 2.24) is 24.4 Å². The van der Waals surface area contributed by atoms with Crippen LogP contribution in [0.5, 0.6) is 0 Å². The van der Waals surface area contributed by atoms with Crippen LogP contribution in [0.3, 0.4) is 0 Å². The molecule has 106 valence electrons. The Labute approximate surface area is 121 Å². The molecule has 0 unspecified atom stereocenters. The molecule has 20 heavy (non-hydrogen) atoms. The van der Waals surface area contributed by atoms with Crippen molar-refractivity contribution in [3.63, 3.8) is 0 Å². The van der Waals surface area contributed by atoms with Crippen molar-refractivity contribution in [3.8, 4) is 0 Å². The first-order chi connectivity index (χ1) is 9.79. The molecular formula is C13H16ClN5O. The molecule has 1 saturated heterocycles. The van der Waals surface area contributed by atoms with Gasteiger partial charge in [-0.3, -0.25) is 14.7 Å². The van der Waals surface area contributed by atoms with E-state index in [9.17, 15) is 4.79 Å². The molecule has 0 N–H and O–H groups in total. The number of aromatic nitrogens is 3. The molecule has 1 aliphatic rings. The molecular weight excluding hydrogens is 278 g/mol. The summed E-state index contributed by atoms with van der Waals surface area (Å²) in [5.74, 6) is 0.659. The summed E-state index contributed by atoms with van der Waals surface area (Å²) in [6.45, 7) is 4.08. The van der Waals surface area contributed by atoms with Crippen LogP contribution in [0.4, 0.5) is 0 Å². The molecule has 6 nitrogen and oxygen atoms in total. The molecule has 0 saturated carbocycles. The minimum absolute atomic E-state index is 0.0264. The highest BCUT2D eigenvalue weighted by Crippen LogP contribution is 2.13. The Balaban J connectivity index is 1.74. The molecule has 0 spiro atoms. The maximum absolute atomic E-state index is 12.5. The number of halogens is 1. The summed E-state index contributed by atoms with van der Waals surface area (Å²) in [6.07, 6.45) is 6.68. The smallest absolute Gasteiger partial charge is 0.257 e. The van der Waals surface area contributed by atoms with E-state index in [1.807, 2.05) is 4.90 Å². The Kier molecular flexibility index (Phi) is 3.84. The number of hydrogen-bond acceptors (Lipinski definition) is 4. The van der Waals surface area contributed by atoms with Crippen LogP contribution >= 0.6 is 11.6 Å². The van der Waals surface area contributed by atoms with Crippen LogP contribution in [0, 0.1) is 0 Å². The van der Waals surface area contributed by atoms with Crippen LogP contribution < -0.4 is 0 Å². The molecule has 7 heteroatoms. The van der Waals surface area contributed by atoms with Gasteiger partial charge in [0, 0.05) is 51.0 Å². The molecule has 1 fully saturated rings. The largest absolute Gasteiger partial charge is 0.336 e. The van der Waals surface area contributed by atoms with E-state index in [-0.39, 0.29) is 5.91 Å². The zero-order valence-electron chi connectivity index (χ0n) is 11.1. The van der Waals surface area contributed by atoms with E-state index in [1.54, 1.807) is 29.3 Å². The number of fused-ring (bicyclic) bond motifs is 1. The quantitative estimate of drug-likeness (QED) is 0.783. The molecule has 0 aromatic carbocycles. The van der Waals surface area contributed by atoms with Gasteiger partial charge in [0.1, 0.15) is 0 Å². The molecule has 3 rings (SSSR count). The second-order valence-corrected chi connectivity index (χ2v) is 5.17. The maximum atomic E-state index is 12.5. The molecule has 2 aromatic heterocycles. The number of nitrogens with zero attached hydrogens (tertiary/aromatic N) is 5. The third-order valence-electron chi connectivity index (χ3n) is 3.62. The lowest BCUT2D eigenvalue weighted by atomic mass is 10.2. The Morgan fingerprint density at radius 1 is 1.25 bits per heavy atom. The molecule has 3 heterocycles. The fourth-order valence-corrected chi connectivity index (χ4v) is 2.70. The topological polar surface area (TPSA) is 53.7 Å². The zero-order valence-corrected chi connectivity index (χ0v) is 11.8. The normalized spacial score (nSPS) is 16.8. The summed E-state index contributed by atoms with van der Waals surface area (Å²) < 4.78 is 1.67. The van der Waals surface area contributed by atoms with E-state index in [0.29, 0.717) is 11.4 Å². The molecule has 2 aromatic rings. The standard InChI is InChI=1S/C13H16ClN5O/c14-1-3-17-5-7-18(8-6-17)13(20)11-9-16-19-4-2-15-10-12(11)19/h2,4,9-10H,1,3,5-8H2. The molecule has 0 atom stereocenters. The Morgan fingerprint density at radius 2 is 2.05 bits per heavy atom. The second-order valence-electron chi connectivity index (χ2n) is 4.79. The lowest BCUT2D eigenvalue weighted by molar-refractivity contribution is 0.0646. The molecule has 0 aliphatic carbocycles. The predicted octanol–water partition coefficient (Wildman–Crippen LogP) is 0.726. The third kappa shape index (κ3) is 2.48. The maximum Gasteiger partial charge on any atom is 0.257 e. The van der Waals surface area contributed by atoms with Gasteiger partial charge in [0.25, 0.3) is 5.91 Å². The minimum atomic E-state index is 0.0264. The van der Waals surface area contributed by atoms with Crippen molar-refractivity contribution in [2.45, 2.75) is 0 Å². The SMILES string of the molecule is O=C(c1cnn2ccncc12)N1CCN(CCCl)CC1. The fraction of sp³-hybridized carbons (Fsp3) is 0.462. The zero-order chi connectivity index (χ0) is 13.9. The van der Waals surface area contributed by atoms with Crippen LogP contribution in [0.25, 0.3) is 5.52 Å². The highest BCUT2D eigenvalue weighted by Gasteiger charge is 2.24. The lowest BCUT2D eigenvalue weighted by Gasteiger charge is -2.34. The van der Waals surface area contributed by atoms with Gasteiger partial charge in [-0.25, -0.2) is 4.52 Å². The van der Waals surface area contributed by atoms with Crippen molar-refractivity contribution in [3.05, 3.63) is 30.4 Å². The number of amides is 1. The monoisotopic (exact) mass is 293 g/mol. The van der Waals surface area contributed by atoms with Crippen molar-refractivity contribution in [1.29, 1.82) is 0 Å². The summed E-state index contributed by atoms with van der Waals surface area (Å²) in [4.78, 5) is 20.7. The first kappa shape index (κ1) is 13.3. The van der Waals surface area contributed by atoms with E-state index < -0.39 is 0 Å².